The molecule has 0 fully saturated rings. The highest BCUT2D eigenvalue weighted by molar-refractivity contribution is 7.90. The van der Waals surface area contributed by atoms with E-state index in [0.717, 1.165) is 21.8 Å². The number of aromatic nitrogens is 1. The fraction of sp³-hybridized carbons (Fsp3) is 0.250. The number of rotatable bonds is 5. The SMILES string of the molecule is Cc1nc(-c2ccc(CCNC(=O)C3=CN4CCS(=O)(=O)N=C4C=C3)cc2)cs1. The van der Waals surface area contributed by atoms with Crippen LogP contribution in [0.4, 0.5) is 0 Å². The molecule has 2 aromatic rings. The lowest BCUT2D eigenvalue weighted by atomic mass is 10.1. The molecule has 29 heavy (non-hydrogen) atoms. The summed E-state index contributed by atoms with van der Waals surface area (Å²) in [5.41, 5.74) is 3.68. The number of amides is 1. The van der Waals surface area contributed by atoms with E-state index in [4.69, 9.17) is 0 Å². The molecule has 4 rings (SSSR count). The third kappa shape index (κ3) is 4.63. The molecule has 0 aliphatic carbocycles. The lowest BCUT2D eigenvalue weighted by Gasteiger charge is -2.26. The fourth-order valence-electron chi connectivity index (χ4n) is 3.10. The maximum atomic E-state index is 12.4. The first-order valence-electron chi connectivity index (χ1n) is 9.18. The van der Waals surface area contributed by atoms with Gasteiger partial charge in [0.15, 0.2) is 0 Å². The van der Waals surface area contributed by atoms with Gasteiger partial charge in [-0.1, -0.05) is 24.3 Å². The van der Waals surface area contributed by atoms with Crippen LogP contribution in [0.2, 0.25) is 0 Å². The van der Waals surface area contributed by atoms with Crippen molar-refractivity contribution in [1.29, 1.82) is 0 Å². The van der Waals surface area contributed by atoms with Gasteiger partial charge in [0.1, 0.15) is 5.84 Å². The lowest BCUT2D eigenvalue weighted by Crippen LogP contribution is -2.38. The first-order chi connectivity index (χ1) is 13.9. The van der Waals surface area contributed by atoms with E-state index in [1.807, 2.05) is 36.6 Å². The third-order valence-corrected chi connectivity index (χ3v) is 6.59. The van der Waals surface area contributed by atoms with Crippen molar-refractivity contribution in [2.45, 2.75) is 13.3 Å². The van der Waals surface area contributed by atoms with E-state index in [-0.39, 0.29) is 11.7 Å². The molecular weight excluding hydrogens is 408 g/mol. The predicted molar refractivity (Wildman–Crippen MR) is 114 cm³/mol. The van der Waals surface area contributed by atoms with Crippen molar-refractivity contribution < 1.29 is 13.2 Å². The second kappa shape index (κ2) is 7.92. The molecule has 2 aliphatic rings. The zero-order chi connectivity index (χ0) is 20.4. The number of fused-ring (bicyclic) bond motifs is 1. The average molecular weight is 429 g/mol. The molecular formula is C20H20N4O3S2. The summed E-state index contributed by atoms with van der Waals surface area (Å²) in [4.78, 5) is 18.6. The van der Waals surface area contributed by atoms with Crippen molar-refractivity contribution in [2.24, 2.45) is 4.40 Å². The van der Waals surface area contributed by atoms with Gasteiger partial charge in [-0.25, -0.2) is 13.4 Å². The number of benzene rings is 1. The minimum atomic E-state index is -3.39. The highest BCUT2D eigenvalue weighted by Crippen LogP contribution is 2.22. The van der Waals surface area contributed by atoms with Crippen LogP contribution in [-0.4, -0.2) is 48.9 Å². The Bertz CT molecular complexity index is 1130. The van der Waals surface area contributed by atoms with Crippen molar-refractivity contribution in [3.63, 3.8) is 0 Å². The van der Waals surface area contributed by atoms with Crippen molar-refractivity contribution in [2.75, 3.05) is 18.8 Å². The Morgan fingerprint density at radius 1 is 1.24 bits per heavy atom. The van der Waals surface area contributed by atoms with Crippen molar-refractivity contribution in [3.05, 3.63) is 64.1 Å². The highest BCUT2D eigenvalue weighted by atomic mass is 32.2. The topological polar surface area (TPSA) is 91.7 Å². The molecule has 2 aliphatic heterocycles. The summed E-state index contributed by atoms with van der Waals surface area (Å²) in [6.45, 7) is 2.80. The maximum absolute atomic E-state index is 12.4. The van der Waals surface area contributed by atoms with Crippen LogP contribution < -0.4 is 5.32 Å². The van der Waals surface area contributed by atoms with Crippen molar-refractivity contribution >= 4 is 33.1 Å². The zero-order valence-electron chi connectivity index (χ0n) is 15.8. The summed E-state index contributed by atoms with van der Waals surface area (Å²) in [5, 5.41) is 6.00. The van der Waals surface area contributed by atoms with Crippen LogP contribution in [0.5, 0.6) is 0 Å². The smallest absolute Gasteiger partial charge is 0.256 e. The number of nitrogens with zero attached hydrogens (tertiary/aromatic N) is 3. The molecule has 7 nitrogen and oxygen atoms in total. The second-order valence-corrected chi connectivity index (χ2v) is 9.62. The minimum Gasteiger partial charge on any atom is -0.352 e. The van der Waals surface area contributed by atoms with Crippen molar-refractivity contribution in [1.82, 2.24) is 15.2 Å². The van der Waals surface area contributed by atoms with Gasteiger partial charge in [-0.05, 0) is 31.1 Å². The summed E-state index contributed by atoms with van der Waals surface area (Å²) in [5.74, 6) is 0.109. The van der Waals surface area contributed by atoms with Gasteiger partial charge in [-0.2, -0.15) is 0 Å². The number of sulfonamides is 1. The van der Waals surface area contributed by atoms with Gasteiger partial charge in [-0.15, -0.1) is 15.7 Å². The van der Waals surface area contributed by atoms with Crippen LogP contribution in [0.15, 0.2) is 58.0 Å². The second-order valence-electron chi connectivity index (χ2n) is 6.80. The van der Waals surface area contributed by atoms with Gasteiger partial charge in [0.25, 0.3) is 15.9 Å². The first-order valence-corrected chi connectivity index (χ1v) is 11.7. The summed E-state index contributed by atoms with van der Waals surface area (Å²) >= 11 is 1.63. The molecule has 0 bridgehead atoms. The maximum Gasteiger partial charge on any atom is 0.256 e. The molecule has 0 spiro atoms. The van der Waals surface area contributed by atoms with E-state index in [1.165, 1.54) is 0 Å². The molecule has 0 saturated heterocycles. The van der Waals surface area contributed by atoms with Gasteiger partial charge in [0.2, 0.25) is 0 Å². The molecule has 150 valence electrons. The molecule has 0 radical (unpaired) electrons. The number of thiazole rings is 1. The monoisotopic (exact) mass is 428 g/mol. The molecule has 1 aromatic heterocycles. The molecule has 3 heterocycles. The molecule has 0 atom stereocenters. The largest absolute Gasteiger partial charge is 0.352 e. The van der Waals surface area contributed by atoms with Gasteiger partial charge in [-0.3, -0.25) is 4.79 Å². The zero-order valence-corrected chi connectivity index (χ0v) is 17.5. The minimum absolute atomic E-state index is 0.0494. The number of nitrogens with one attached hydrogen (secondary N) is 1. The Morgan fingerprint density at radius 3 is 2.76 bits per heavy atom. The first kappa shape index (κ1) is 19.5. The van der Waals surface area contributed by atoms with Crippen LogP contribution in [0, 0.1) is 6.92 Å². The van der Waals surface area contributed by atoms with Crippen LogP contribution in [0.25, 0.3) is 11.3 Å². The van der Waals surface area contributed by atoms with Crippen molar-refractivity contribution in [3.8, 4) is 11.3 Å². The number of carbonyl (C=O) groups excluding carboxylic acids is 1. The van der Waals surface area contributed by atoms with Gasteiger partial charge >= 0.3 is 0 Å². The Kier molecular flexibility index (Phi) is 5.33. The number of carbonyl (C=O) groups is 1. The molecule has 1 N–H and O–H groups in total. The van der Waals surface area contributed by atoms with E-state index in [1.54, 1.807) is 34.6 Å². The number of amidine groups is 1. The molecule has 0 unspecified atom stereocenters. The normalized spacial score (nSPS) is 17.3. The Morgan fingerprint density at radius 2 is 2.03 bits per heavy atom. The standard InChI is InChI=1S/C20H20N4O3S2/c1-14-22-18(13-28-14)16-4-2-15(3-5-16)8-9-21-20(25)17-6-7-19-23-29(26,27)11-10-24(19)12-17/h2-7,12-13H,8-11H2,1H3,(H,21,25). The van der Waals surface area contributed by atoms with E-state index in [9.17, 15) is 13.2 Å². The Balaban J connectivity index is 1.31. The average Bonchev–Trinajstić information content (AvgIpc) is 3.14. The van der Waals surface area contributed by atoms with E-state index >= 15 is 0 Å². The number of hydrogen-bond acceptors (Lipinski definition) is 6. The van der Waals surface area contributed by atoms with E-state index in [0.29, 0.717) is 30.9 Å². The van der Waals surface area contributed by atoms with Crippen LogP contribution >= 0.6 is 11.3 Å². The molecule has 1 aromatic carbocycles. The lowest BCUT2D eigenvalue weighted by molar-refractivity contribution is -0.117. The predicted octanol–water partition coefficient (Wildman–Crippen LogP) is 2.27. The van der Waals surface area contributed by atoms with Gasteiger partial charge in [0.05, 0.1) is 22.0 Å². The number of hydrogen-bond donors (Lipinski definition) is 1. The Hall–Kier alpha value is -2.78. The van der Waals surface area contributed by atoms with Crippen LogP contribution in [-0.2, 0) is 21.2 Å². The van der Waals surface area contributed by atoms with E-state index < -0.39 is 10.0 Å². The third-order valence-electron chi connectivity index (χ3n) is 4.65. The fourth-order valence-corrected chi connectivity index (χ4v) is 4.69. The number of aryl methyl sites for hydroxylation is 1. The molecule has 9 heteroatoms. The summed E-state index contributed by atoms with van der Waals surface area (Å²) < 4.78 is 26.8. The van der Waals surface area contributed by atoms with Gasteiger partial charge in [0, 0.05) is 30.2 Å². The van der Waals surface area contributed by atoms with Crippen LogP contribution in [0.1, 0.15) is 10.6 Å². The van der Waals surface area contributed by atoms with Crippen LogP contribution in [0.3, 0.4) is 0 Å². The van der Waals surface area contributed by atoms with Gasteiger partial charge < -0.3 is 10.2 Å². The Labute approximate surface area is 173 Å². The summed E-state index contributed by atoms with van der Waals surface area (Å²) in [7, 11) is -3.39. The summed E-state index contributed by atoms with van der Waals surface area (Å²) in [6, 6.07) is 8.19. The molecule has 0 saturated carbocycles. The summed E-state index contributed by atoms with van der Waals surface area (Å²) in [6.07, 6.45) is 5.52. The highest BCUT2D eigenvalue weighted by Gasteiger charge is 2.24. The quantitative estimate of drug-likeness (QED) is 0.789. The van der Waals surface area contributed by atoms with E-state index in [2.05, 4.69) is 14.7 Å². The molecule has 1 amide bonds.